The maximum Gasteiger partial charge on any atom is 0.166 e. The van der Waals surface area contributed by atoms with Gasteiger partial charge in [0, 0.05) is 12.4 Å². The van der Waals surface area contributed by atoms with E-state index in [1.54, 1.807) is 18.5 Å². The van der Waals surface area contributed by atoms with Gasteiger partial charge in [-0.3, -0.25) is 0 Å². The molecule has 0 aliphatic carbocycles. The highest BCUT2D eigenvalue weighted by molar-refractivity contribution is 6.32. The molecule has 0 amide bonds. The number of hydrogen-bond donors (Lipinski definition) is 0. The van der Waals surface area contributed by atoms with Gasteiger partial charge >= 0.3 is 0 Å². The topological polar surface area (TPSA) is 35.0 Å². The minimum atomic E-state index is 0.321. The van der Waals surface area contributed by atoms with E-state index < -0.39 is 0 Å². The van der Waals surface area contributed by atoms with Crippen molar-refractivity contribution >= 4 is 11.6 Å². The highest BCUT2D eigenvalue weighted by atomic mass is 35.5. The maximum atomic E-state index is 6.17. The Hall–Kier alpha value is -1.61. The summed E-state index contributed by atoms with van der Waals surface area (Å²) in [5.74, 6) is 1.75. The van der Waals surface area contributed by atoms with Crippen LogP contribution in [0, 0.1) is 0 Å². The van der Waals surface area contributed by atoms with Gasteiger partial charge in [0.1, 0.15) is 12.4 Å². The van der Waals surface area contributed by atoms with Gasteiger partial charge in [-0.25, -0.2) is 9.97 Å². The van der Waals surface area contributed by atoms with E-state index in [9.17, 15) is 0 Å². The molecule has 1 heterocycles. The average molecular weight is 263 g/mol. The second-order valence-corrected chi connectivity index (χ2v) is 4.71. The van der Waals surface area contributed by atoms with Gasteiger partial charge in [-0.1, -0.05) is 31.5 Å². The zero-order valence-electron chi connectivity index (χ0n) is 10.4. The molecule has 0 unspecified atom stereocenters. The molecular formula is C14H15ClN2O. The van der Waals surface area contributed by atoms with Crippen LogP contribution in [-0.4, -0.2) is 9.97 Å². The number of halogens is 1. The first kappa shape index (κ1) is 12.8. The van der Waals surface area contributed by atoms with Gasteiger partial charge in [-0.15, -0.1) is 0 Å². The van der Waals surface area contributed by atoms with Gasteiger partial charge in [0.05, 0.1) is 5.02 Å². The van der Waals surface area contributed by atoms with Gasteiger partial charge in [0.25, 0.3) is 0 Å². The summed E-state index contributed by atoms with van der Waals surface area (Å²) in [5, 5.41) is 0.622. The lowest BCUT2D eigenvalue weighted by atomic mass is 10.0. The fraction of sp³-hybridized carbons (Fsp3) is 0.286. The lowest BCUT2D eigenvalue weighted by Crippen LogP contribution is -2.01. The largest absolute Gasteiger partial charge is 0.484 e. The Morgan fingerprint density at radius 3 is 2.56 bits per heavy atom. The second kappa shape index (κ2) is 5.83. The predicted octanol–water partition coefficient (Wildman–Crippen LogP) is 3.83. The fourth-order valence-electron chi connectivity index (χ4n) is 1.54. The summed E-state index contributed by atoms with van der Waals surface area (Å²) in [5.41, 5.74) is 1.20. The molecule has 2 aromatic rings. The Bertz CT molecular complexity index is 514. The lowest BCUT2D eigenvalue weighted by Gasteiger charge is -2.10. The number of hydrogen-bond acceptors (Lipinski definition) is 3. The van der Waals surface area contributed by atoms with Crippen molar-refractivity contribution in [2.24, 2.45) is 0 Å². The first-order valence-electron chi connectivity index (χ1n) is 5.85. The van der Waals surface area contributed by atoms with Gasteiger partial charge in [-0.2, -0.15) is 0 Å². The SMILES string of the molecule is CC(C)c1ccc(OCc2ncccn2)c(Cl)c1. The van der Waals surface area contributed by atoms with Crippen molar-refractivity contribution in [3.63, 3.8) is 0 Å². The number of rotatable bonds is 4. The molecule has 18 heavy (non-hydrogen) atoms. The van der Waals surface area contributed by atoms with Crippen LogP contribution in [0.4, 0.5) is 0 Å². The van der Waals surface area contributed by atoms with Gasteiger partial charge < -0.3 is 4.74 Å². The van der Waals surface area contributed by atoms with Crippen LogP contribution >= 0.6 is 11.6 Å². The molecule has 3 nitrogen and oxygen atoms in total. The van der Waals surface area contributed by atoms with Crippen molar-refractivity contribution in [1.82, 2.24) is 9.97 Å². The van der Waals surface area contributed by atoms with E-state index in [2.05, 4.69) is 23.8 Å². The third-order valence-electron chi connectivity index (χ3n) is 2.60. The third-order valence-corrected chi connectivity index (χ3v) is 2.89. The van der Waals surface area contributed by atoms with E-state index in [0.29, 0.717) is 29.1 Å². The molecule has 4 heteroatoms. The van der Waals surface area contributed by atoms with Crippen LogP contribution < -0.4 is 4.74 Å². The van der Waals surface area contributed by atoms with Crippen molar-refractivity contribution in [2.75, 3.05) is 0 Å². The summed E-state index contributed by atoms with van der Waals surface area (Å²) < 4.78 is 5.60. The Balaban J connectivity index is 2.06. The second-order valence-electron chi connectivity index (χ2n) is 4.30. The van der Waals surface area contributed by atoms with E-state index in [4.69, 9.17) is 16.3 Å². The molecule has 0 fully saturated rings. The molecule has 0 radical (unpaired) electrons. The normalized spacial score (nSPS) is 10.7. The highest BCUT2D eigenvalue weighted by Crippen LogP contribution is 2.28. The fourth-order valence-corrected chi connectivity index (χ4v) is 1.78. The lowest BCUT2D eigenvalue weighted by molar-refractivity contribution is 0.296. The molecular weight excluding hydrogens is 248 g/mol. The van der Waals surface area contributed by atoms with Crippen molar-refractivity contribution in [1.29, 1.82) is 0 Å². The minimum Gasteiger partial charge on any atom is -0.484 e. The summed E-state index contributed by atoms with van der Waals surface area (Å²) in [6.45, 7) is 4.58. The summed E-state index contributed by atoms with van der Waals surface area (Å²) >= 11 is 6.17. The first-order chi connectivity index (χ1) is 8.66. The van der Waals surface area contributed by atoms with Gasteiger partial charge in [0.2, 0.25) is 0 Å². The van der Waals surface area contributed by atoms with Crippen molar-refractivity contribution in [3.8, 4) is 5.75 Å². The Labute approximate surface area is 112 Å². The molecule has 0 saturated heterocycles. The van der Waals surface area contributed by atoms with Gasteiger partial charge in [-0.05, 0) is 29.7 Å². The number of benzene rings is 1. The molecule has 1 aromatic carbocycles. The number of nitrogens with zero attached hydrogens (tertiary/aromatic N) is 2. The smallest absolute Gasteiger partial charge is 0.166 e. The molecule has 2 rings (SSSR count). The van der Waals surface area contributed by atoms with Crippen LogP contribution in [0.5, 0.6) is 5.75 Å². The summed E-state index contributed by atoms with van der Waals surface area (Å²) in [4.78, 5) is 8.18. The van der Waals surface area contributed by atoms with Crippen LogP contribution in [-0.2, 0) is 6.61 Å². The van der Waals surface area contributed by atoms with Crippen LogP contribution in [0.15, 0.2) is 36.7 Å². The standard InChI is InChI=1S/C14H15ClN2O/c1-10(2)11-4-5-13(12(15)8-11)18-9-14-16-6-3-7-17-14/h3-8,10H,9H2,1-2H3. The zero-order chi connectivity index (χ0) is 13.0. The average Bonchev–Trinajstić information content (AvgIpc) is 2.38. The Kier molecular flexibility index (Phi) is 4.15. The molecule has 0 N–H and O–H groups in total. The highest BCUT2D eigenvalue weighted by Gasteiger charge is 2.06. The first-order valence-corrected chi connectivity index (χ1v) is 6.22. The van der Waals surface area contributed by atoms with E-state index in [1.807, 2.05) is 18.2 Å². The van der Waals surface area contributed by atoms with Crippen LogP contribution in [0.1, 0.15) is 31.2 Å². The molecule has 0 saturated carbocycles. The Morgan fingerprint density at radius 1 is 1.22 bits per heavy atom. The van der Waals surface area contributed by atoms with Crippen LogP contribution in [0.2, 0.25) is 5.02 Å². The summed E-state index contributed by atoms with van der Waals surface area (Å²) in [7, 11) is 0. The van der Waals surface area contributed by atoms with Gasteiger partial charge in [0.15, 0.2) is 5.82 Å². The van der Waals surface area contributed by atoms with Crippen LogP contribution in [0.25, 0.3) is 0 Å². The van der Waals surface area contributed by atoms with Crippen molar-refractivity contribution < 1.29 is 4.74 Å². The van der Waals surface area contributed by atoms with E-state index in [1.165, 1.54) is 5.56 Å². The molecule has 1 aromatic heterocycles. The quantitative estimate of drug-likeness (QED) is 0.840. The summed E-state index contributed by atoms with van der Waals surface area (Å²) in [6, 6.07) is 7.62. The zero-order valence-corrected chi connectivity index (χ0v) is 11.2. The maximum absolute atomic E-state index is 6.17. The molecule has 0 atom stereocenters. The van der Waals surface area contributed by atoms with Crippen LogP contribution in [0.3, 0.4) is 0 Å². The van der Waals surface area contributed by atoms with E-state index >= 15 is 0 Å². The molecule has 0 bridgehead atoms. The van der Waals surface area contributed by atoms with Crippen molar-refractivity contribution in [2.45, 2.75) is 26.4 Å². The monoisotopic (exact) mass is 262 g/mol. The molecule has 0 aliphatic heterocycles. The summed E-state index contributed by atoms with van der Waals surface area (Å²) in [6.07, 6.45) is 3.38. The van der Waals surface area contributed by atoms with E-state index in [-0.39, 0.29) is 0 Å². The van der Waals surface area contributed by atoms with E-state index in [0.717, 1.165) is 0 Å². The number of aromatic nitrogens is 2. The molecule has 0 aliphatic rings. The Morgan fingerprint density at radius 2 is 1.94 bits per heavy atom. The minimum absolute atomic E-state index is 0.321. The predicted molar refractivity (Wildman–Crippen MR) is 71.9 cm³/mol. The third kappa shape index (κ3) is 3.20. The number of ether oxygens (including phenoxy) is 1. The molecule has 0 spiro atoms. The molecule has 94 valence electrons. The van der Waals surface area contributed by atoms with Crippen molar-refractivity contribution in [3.05, 3.63) is 53.1 Å².